The van der Waals surface area contributed by atoms with Crippen LogP contribution in [0.15, 0.2) is 24.3 Å². The first-order valence-electron chi connectivity index (χ1n) is 8.74. The van der Waals surface area contributed by atoms with Gasteiger partial charge in [0.05, 0.1) is 13.5 Å². The van der Waals surface area contributed by atoms with Gasteiger partial charge in [0, 0.05) is 19.0 Å². The van der Waals surface area contributed by atoms with Gasteiger partial charge >= 0.3 is 5.97 Å². The van der Waals surface area contributed by atoms with Crippen molar-refractivity contribution < 1.29 is 19.4 Å². The molecule has 5 nitrogen and oxygen atoms in total. The minimum absolute atomic E-state index is 0.0726. The summed E-state index contributed by atoms with van der Waals surface area (Å²) in [5.41, 5.74) is 1.28. The molecule has 1 N–H and O–H groups in total. The van der Waals surface area contributed by atoms with Crippen LogP contribution in [0.5, 0.6) is 5.75 Å². The minimum atomic E-state index is -0.820. The van der Waals surface area contributed by atoms with Gasteiger partial charge in [0.2, 0.25) is 5.91 Å². The summed E-state index contributed by atoms with van der Waals surface area (Å²) in [6.45, 7) is 0.711. The maximum Gasteiger partial charge on any atom is 0.305 e. The Labute approximate surface area is 143 Å². The Morgan fingerprint density at radius 2 is 1.96 bits per heavy atom. The van der Waals surface area contributed by atoms with Crippen molar-refractivity contribution in [3.8, 4) is 5.75 Å². The molecule has 0 spiro atoms. The van der Waals surface area contributed by atoms with Gasteiger partial charge in [0.25, 0.3) is 0 Å². The van der Waals surface area contributed by atoms with Crippen LogP contribution in [0.25, 0.3) is 0 Å². The van der Waals surface area contributed by atoms with E-state index in [4.69, 9.17) is 9.84 Å². The third-order valence-corrected chi connectivity index (χ3v) is 4.62. The molecule has 0 bridgehead atoms. The van der Waals surface area contributed by atoms with Crippen LogP contribution < -0.4 is 4.74 Å². The zero-order chi connectivity index (χ0) is 17.4. The van der Waals surface area contributed by atoms with Gasteiger partial charge in [0.1, 0.15) is 5.75 Å². The second kappa shape index (κ2) is 9.30. The van der Waals surface area contributed by atoms with Crippen molar-refractivity contribution in [2.45, 2.75) is 57.4 Å². The highest BCUT2D eigenvalue weighted by molar-refractivity contribution is 5.78. The molecule has 24 heavy (non-hydrogen) atoms. The first-order valence-corrected chi connectivity index (χ1v) is 8.74. The number of aryl methyl sites for hydroxylation is 1. The van der Waals surface area contributed by atoms with E-state index in [0.717, 1.165) is 44.3 Å². The molecule has 2 rings (SSSR count). The van der Waals surface area contributed by atoms with Crippen LogP contribution in [-0.2, 0) is 16.0 Å². The lowest BCUT2D eigenvalue weighted by atomic mass is 10.1. The number of ether oxygens (including phenoxy) is 1. The zero-order valence-electron chi connectivity index (χ0n) is 14.4. The van der Waals surface area contributed by atoms with Crippen LogP contribution >= 0.6 is 0 Å². The van der Waals surface area contributed by atoms with E-state index in [1.165, 1.54) is 5.56 Å². The van der Waals surface area contributed by atoms with Crippen molar-refractivity contribution in [1.29, 1.82) is 0 Å². The van der Waals surface area contributed by atoms with Crippen molar-refractivity contribution in [2.24, 2.45) is 0 Å². The Bertz CT molecular complexity index is 541. The van der Waals surface area contributed by atoms with Crippen molar-refractivity contribution in [3.05, 3.63) is 29.8 Å². The van der Waals surface area contributed by atoms with Crippen LogP contribution in [0, 0.1) is 0 Å². The normalized spacial score (nSPS) is 17.0. The second-order valence-electron chi connectivity index (χ2n) is 6.39. The lowest BCUT2D eigenvalue weighted by molar-refractivity contribution is -0.139. The highest BCUT2D eigenvalue weighted by Gasteiger charge is 2.29. The van der Waals surface area contributed by atoms with E-state index in [2.05, 4.69) is 12.1 Å². The molecule has 1 aromatic rings. The number of methoxy groups -OCH3 is 1. The van der Waals surface area contributed by atoms with Crippen LogP contribution in [0.1, 0.15) is 50.5 Å². The first-order chi connectivity index (χ1) is 11.6. The molecule has 1 aliphatic heterocycles. The van der Waals surface area contributed by atoms with E-state index in [-0.39, 0.29) is 18.4 Å². The lowest BCUT2D eigenvalue weighted by Gasteiger charge is -2.23. The number of aliphatic carboxylic acids is 1. The molecule has 1 aliphatic rings. The van der Waals surface area contributed by atoms with Gasteiger partial charge in [-0.2, -0.15) is 0 Å². The van der Waals surface area contributed by atoms with E-state index in [9.17, 15) is 9.59 Å². The fraction of sp³-hybridized carbons (Fsp3) is 0.579. The number of rotatable bonds is 9. The summed E-state index contributed by atoms with van der Waals surface area (Å²) in [4.78, 5) is 24.9. The number of hydrogen-bond acceptors (Lipinski definition) is 3. The Balaban J connectivity index is 1.64. The minimum Gasteiger partial charge on any atom is -0.497 e. The average molecular weight is 333 g/mol. The molecule has 0 aromatic heterocycles. The van der Waals surface area contributed by atoms with Gasteiger partial charge in [-0.25, -0.2) is 0 Å². The number of carbonyl (C=O) groups excluding carboxylic acids is 1. The van der Waals surface area contributed by atoms with Gasteiger partial charge in [-0.1, -0.05) is 18.6 Å². The van der Waals surface area contributed by atoms with Crippen molar-refractivity contribution >= 4 is 11.9 Å². The number of hydrogen-bond donors (Lipinski definition) is 1. The molecule has 1 aromatic carbocycles. The van der Waals surface area contributed by atoms with Gasteiger partial charge in [-0.3, -0.25) is 9.59 Å². The maximum absolute atomic E-state index is 12.3. The van der Waals surface area contributed by atoms with Crippen molar-refractivity contribution in [3.63, 3.8) is 0 Å². The highest BCUT2D eigenvalue weighted by Crippen LogP contribution is 2.22. The van der Waals surface area contributed by atoms with E-state index in [1.807, 2.05) is 12.1 Å². The number of carboxylic acids is 1. The SMILES string of the molecule is COc1ccc(CCCCCC(=O)N2CCCC2CC(=O)O)cc1. The summed E-state index contributed by atoms with van der Waals surface area (Å²) in [5.74, 6) is 0.160. The molecule has 132 valence electrons. The van der Waals surface area contributed by atoms with Crippen molar-refractivity contribution in [1.82, 2.24) is 4.90 Å². The Morgan fingerprint density at radius 3 is 2.62 bits per heavy atom. The molecular formula is C19H27NO4. The number of amides is 1. The standard InChI is InChI=1S/C19H27NO4/c1-24-17-11-9-15(10-12-17)6-3-2-4-8-18(21)20-13-5-7-16(20)14-19(22)23/h9-12,16H,2-8,13-14H2,1H3,(H,22,23). The monoisotopic (exact) mass is 333 g/mol. The van der Waals surface area contributed by atoms with Crippen LogP contribution in [0.4, 0.5) is 0 Å². The van der Waals surface area contributed by atoms with E-state index in [1.54, 1.807) is 12.0 Å². The Hall–Kier alpha value is -2.04. The molecule has 1 amide bonds. The van der Waals surface area contributed by atoms with Gasteiger partial charge < -0.3 is 14.7 Å². The number of unbranched alkanes of at least 4 members (excludes halogenated alkanes) is 2. The summed E-state index contributed by atoms with van der Waals surface area (Å²) in [7, 11) is 1.66. The van der Waals surface area contributed by atoms with Crippen molar-refractivity contribution in [2.75, 3.05) is 13.7 Å². The summed E-state index contributed by atoms with van der Waals surface area (Å²) < 4.78 is 5.14. The van der Waals surface area contributed by atoms with Crippen LogP contribution in [0.3, 0.4) is 0 Å². The summed E-state index contributed by atoms with van der Waals surface area (Å²) in [6.07, 6.45) is 6.26. The molecule has 0 radical (unpaired) electrons. The van der Waals surface area contributed by atoms with Gasteiger partial charge in [-0.05, 0) is 49.8 Å². The Kier molecular flexibility index (Phi) is 7.09. The Morgan fingerprint density at radius 1 is 1.21 bits per heavy atom. The number of likely N-dealkylation sites (tertiary alicyclic amines) is 1. The highest BCUT2D eigenvalue weighted by atomic mass is 16.5. The second-order valence-corrected chi connectivity index (χ2v) is 6.39. The molecule has 0 aliphatic carbocycles. The number of carbonyl (C=O) groups is 2. The number of nitrogens with zero attached hydrogens (tertiary/aromatic N) is 1. The molecule has 1 heterocycles. The van der Waals surface area contributed by atoms with Gasteiger partial charge in [0.15, 0.2) is 0 Å². The molecule has 1 unspecified atom stereocenters. The third-order valence-electron chi connectivity index (χ3n) is 4.62. The molecule has 1 saturated heterocycles. The zero-order valence-corrected chi connectivity index (χ0v) is 14.4. The van der Waals surface area contributed by atoms with E-state index >= 15 is 0 Å². The predicted molar refractivity (Wildman–Crippen MR) is 92.2 cm³/mol. The molecule has 1 atom stereocenters. The third kappa shape index (κ3) is 5.55. The fourth-order valence-electron chi connectivity index (χ4n) is 3.30. The van der Waals surface area contributed by atoms with Crippen LogP contribution in [0.2, 0.25) is 0 Å². The largest absolute Gasteiger partial charge is 0.497 e. The maximum atomic E-state index is 12.3. The summed E-state index contributed by atoms with van der Waals surface area (Å²) in [6, 6.07) is 7.98. The average Bonchev–Trinajstić information content (AvgIpc) is 3.02. The fourth-order valence-corrected chi connectivity index (χ4v) is 3.30. The van der Waals surface area contributed by atoms with Crippen LogP contribution in [-0.4, -0.2) is 41.6 Å². The molecular weight excluding hydrogens is 306 g/mol. The lowest BCUT2D eigenvalue weighted by Crippen LogP contribution is -2.36. The summed E-state index contributed by atoms with van der Waals surface area (Å²) >= 11 is 0. The predicted octanol–water partition coefficient (Wildman–Crippen LogP) is 3.26. The van der Waals surface area contributed by atoms with Gasteiger partial charge in [-0.15, -0.1) is 0 Å². The van der Waals surface area contributed by atoms with E-state index in [0.29, 0.717) is 13.0 Å². The topological polar surface area (TPSA) is 66.8 Å². The first kappa shape index (κ1) is 18.3. The molecule has 1 fully saturated rings. The molecule has 0 saturated carbocycles. The quantitative estimate of drug-likeness (QED) is 0.704. The summed E-state index contributed by atoms with van der Waals surface area (Å²) in [5, 5.41) is 8.91. The number of benzene rings is 1. The van der Waals surface area contributed by atoms with E-state index < -0.39 is 5.97 Å². The molecule has 5 heteroatoms. The smallest absolute Gasteiger partial charge is 0.305 e. The number of carboxylic acid groups (broad SMARTS) is 1.